The van der Waals surface area contributed by atoms with Crippen LogP contribution < -0.4 is 9.47 Å². The molecule has 21 heavy (non-hydrogen) atoms. The van der Waals surface area contributed by atoms with Gasteiger partial charge in [0.2, 0.25) is 0 Å². The number of carbonyl (C=O) groups is 1. The third-order valence-corrected chi connectivity index (χ3v) is 3.85. The third kappa shape index (κ3) is 3.77. The number of carbonyl (C=O) groups excluding carboxylic acids is 1. The van der Waals surface area contributed by atoms with Crippen molar-refractivity contribution >= 4 is 33.3 Å². The van der Waals surface area contributed by atoms with Crippen LogP contribution in [0, 0.1) is 0 Å². The number of ketones is 1. The minimum absolute atomic E-state index is 0.0419. The fourth-order valence-corrected chi connectivity index (χ4v) is 2.77. The quantitative estimate of drug-likeness (QED) is 0.726. The van der Waals surface area contributed by atoms with E-state index in [4.69, 9.17) is 21.1 Å². The van der Waals surface area contributed by atoms with Crippen molar-refractivity contribution in [3.05, 3.63) is 57.0 Å². The van der Waals surface area contributed by atoms with Gasteiger partial charge < -0.3 is 9.47 Å². The van der Waals surface area contributed by atoms with E-state index in [0.29, 0.717) is 22.1 Å². The molecule has 0 radical (unpaired) electrons. The summed E-state index contributed by atoms with van der Waals surface area (Å²) in [4.78, 5) is 12.3. The first-order chi connectivity index (χ1) is 10.0. The van der Waals surface area contributed by atoms with E-state index >= 15 is 0 Å². The molecule has 0 spiro atoms. The molecule has 0 bridgehead atoms. The average molecular weight is 370 g/mol. The molecule has 0 aliphatic carbocycles. The molecule has 110 valence electrons. The van der Waals surface area contributed by atoms with Gasteiger partial charge in [-0.3, -0.25) is 4.79 Å². The van der Waals surface area contributed by atoms with Crippen molar-refractivity contribution in [2.75, 3.05) is 14.2 Å². The van der Waals surface area contributed by atoms with Gasteiger partial charge in [-0.1, -0.05) is 33.6 Å². The number of halogens is 2. The lowest BCUT2D eigenvalue weighted by atomic mass is 10.0. The molecule has 0 atom stereocenters. The van der Waals surface area contributed by atoms with Crippen LogP contribution in [0.1, 0.15) is 15.9 Å². The highest BCUT2D eigenvalue weighted by Gasteiger charge is 2.13. The van der Waals surface area contributed by atoms with Gasteiger partial charge in [0.05, 0.1) is 19.2 Å². The van der Waals surface area contributed by atoms with Crippen molar-refractivity contribution in [3.63, 3.8) is 0 Å². The van der Waals surface area contributed by atoms with Crippen LogP contribution in [-0.2, 0) is 6.42 Å². The summed E-state index contributed by atoms with van der Waals surface area (Å²) in [6, 6.07) is 10.6. The lowest BCUT2D eigenvalue weighted by molar-refractivity contribution is 0.0993. The Hall–Kier alpha value is -1.52. The van der Waals surface area contributed by atoms with Crippen LogP contribution in [0.3, 0.4) is 0 Å². The molecule has 0 saturated heterocycles. The van der Waals surface area contributed by atoms with E-state index in [0.717, 1.165) is 10.0 Å². The smallest absolute Gasteiger partial charge is 0.168 e. The van der Waals surface area contributed by atoms with Gasteiger partial charge in [-0.2, -0.15) is 0 Å². The van der Waals surface area contributed by atoms with Gasteiger partial charge in [0.1, 0.15) is 0 Å². The van der Waals surface area contributed by atoms with Crippen LogP contribution in [-0.4, -0.2) is 20.0 Å². The number of rotatable bonds is 5. The second-order valence-corrected chi connectivity index (χ2v) is 5.74. The molecular weight excluding hydrogens is 356 g/mol. The Morgan fingerprint density at radius 2 is 1.81 bits per heavy atom. The zero-order valence-electron chi connectivity index (χ0n) is 11.7. The number of hydrogen-bond donors (Lipinski definition) is 0. The maximum absolute atomic E-state index is 12.3. The summed E-state index contributed by atoms with van der Waals surface area (Å²) >= 11 is 9.42. The summed E-state index contributed by atoms with van der Waals surface area (Å²) in [5, 5.41) is 0.440. The number of benzene rings is 2. The molecule has 0 aliphatic rings. The van der Waals surface area contributed by atoms with Crippen molar-refractivity contribution in [3.8, 4) is 11.5 Å². The van der Waals surface area contributed by atoms with Crippen LogP contribution in [0.5, 0.6) is 11.5 Å². The Morgan fingerprint density at radius 1 is 1.10 bits per heavy atom. The van der Waals surface area contributed by atoms with Gasteiger partial charge in [0, 0.05) is 16.5 Å². The summed E-state index contributed by atoms with van der Waals surface area (Å²) in [5.41, 5.74) is 1.35. The maximum Gasteiger partial charge on any atom is 0.168 e. The van der Waals surface area contributed by atoms with E-state index < -0.39 is 0 Å². The second kappa shape index (κ2) is 6.96. The topological polar surface area (TPSA) is 35.5 Å². The van der Waals surface area contributed by atoms with Crippen LogP contribution >= 0.6 is 27.5 Å². The van der Waals surface area contributed by atoms with Gasteiger partial charge in [0.15, 0.2) is 17.3 Å². The van der Waals surface area contributed by atoms with Gasteiger partial charge in [0.25, 0.3) is 0 Å². The normalized spacial score (nSPS) is 10.3. The predicted octanol–water partition coefficient (Wildman–Crippen LogP) is 4.55. The third-order valence-electron chi connectivity index (χ3n) is 3.04. The van der Waals surface area contributed by atoms with E-state index in [1.165, 1.54) is 0 Å². The minimum atomic E-state index is -0.0419. The molecular formula is C16H14BrClO3. The number of methoxy groups -OCH3 is 2. The number of ether oxygens (including phenoxy) is 2. The molecule has 2 aromatic rings. The van der Waals surface area contributed by atoms with E-state index in [1.54, 1.807) is 44.6 Å². The lowest BCUT2D eigenvalue weighted by Gasteiger charge is -2.09. The summed E-state index contributed by atoms with van der Waals surface area (Å²) in [6.45, 7) is 0. The molecule has 5 heteroatoms. The molecule has 0 aromatic heterocycles. The van der Waals surface area contributed by atoms with Gasteiger partial charge >= 0.3 is 0 Å². The van der Waals surface area contributed by atoms with E-state index in [2.05, 4.69) is 15.9 Å². The molecule has 2 rings (SSSR count). The molecule has 0 saturated carbocycles. The van der Waals surface area contributed by atoms with Crippen LogP contribution in [0.25, 0.3) is 0 Å². The Balaban J connectivity index is 2.23. The highest BCUT2D eigenvalue weighted by molar-refractivity contribution is 9.10. The molecule has 0 amide bonds. The summed E-state index contributed by atoms with van der Waals surface area (Å²) in [5.74, 6) is 1.19. The van der Waals surface area contributed by atoms with Crippen molar-refractivity contribution in [1.82, 2.24) is 0 Å². The molecule has 0 fully saturated rings. The zero-order valence-corrected chi connectivity index (χ0v) is 14.0. The molecule has 0 unspecified atom stereocenters. The van der Waals surface area contributed by atoms with Crippen LogP contribution in [0.2, 0.25) is 5.02 Å². The molecule has 2 aromatic carbocycles. The van der Waals surface area contributed by atoms with Gasteiger partial charge in [-0.05, 0) is 35.9 Å². The maximum atomic E-state index is 12.3. The summed E-state index contributed by atoms with van der Waals surface area (Å²) in [6.07, 6.45) is 0.252. The first-order valence-electron chi connectivity index (χ1n) is 6.24. The first-order valence-corrected chi connectivity index (χ1v) is 7.41. The Labute approximate surface area is 137 Å². The standard InChI is InChI=1S/C16H14BrClO3/c1-20-15-6-3-10(8-16(15)21-2)7-14(19)12-5-4-11(17)9-13(12)18/h3-6,8-9H,7H2,1-2H3. The second-order valence-electron chi connectivity index (χ2n) is 4.41. The van der Waals surface area contributed by atoms with E-state index in [-0.39, 0.29) is 12.2 Å². The fraction of sp³-hybridized carbons (Fsp3) is 0.188. The molecule has 0 heterocycles. The Kier molecular flexibility index (Phi) is 5.26. The van der Waals surface area contributed by atoms with Gasteiger partial charge in [-0.25, -0.2) is 0 Å². The zero-order chi connectivity index (χ0) is 15.4. The van der Waals surface area contributed by atoms with Crippen molar-refractivity contribution in [1.29, 1.82) is 0 Å². The number of hydrogen-bond acceptors (Lipinski definition) is 3. The van der Waals surface area contributed by atoms with E-state index in [9.17, 15) is 4.79 Å². The summed E-state index contributed by atoms with van der Waals surface area (Å²) in [7, 11) is 3.14. The van der Waals surface area contributed by atoms with Crippen molar-refractivity contribution < 1.29 is 14.3 Å². The van der Waals surface area contributed by atoms with Crippen LogP contribution in [0.4, 0.5) is 0 Å². The van der Waals surface area contributed by atoms with Crippen LogP contribution in [0.15, 0.2) is 40.9 Å². The minimum Gasteiger partial charge on any atom is -0.493 e. The summed E-state index contributed by atoms with van der Waals surface area (Å²) < 4.78 is 11.3. The average Bonchev–Trinajstić information content (AvgIpc) is 2.46. The van der Waals surface area contributed by atoms with E-state index in [1.807, 2.05) is 6.07 Å². The number of Topliss-reactive ketones (excluding diaryl/α,β-unsaturated/α-hetero) is 1. The lowest BCUT2D eigenvalue weighted by Crippen LogP contribution is -2.05. The SMILES string of the molecule is COc1ccc(CC(=O)c2ccc(Br)cc2Cl)cc1OC. The molecule has 3 nitrogen and oxygen atoms in total. The van der Waals surface area contributed by atoms with Crippen molar-refractivity contribution in [2.24, 2.45) is 0 Å². The highest BCUT2D eigenvalue weighted by atomic mass is 79.9. The molecule has 0 N–H and O–H groups in total. The Bertz CT molecular complexity index is 671. The monoisotopic (exact) mass is 368 g/mol. The van der Waals surface area contributed by atoms with Crippen molar-refractivity contribution in [2.45, 2.75) is 6.42 Å². The highest BCUT2D eigenvalue weighted by Crippen LogP contribution is 2.29. The Morgan fingerprint density at radius 3 is 2.43 bits per heavy atom. The first kappa shape index (κ1) is 15.9. The van der Waals surface area contributed by atoms with Gasteiger partial charge in [-0.15, -0.1) is 0 Å². The molecule has 0 aliphatic heterocycles. The predicted molar refractivity (Wildman–Crippen MR) is 86.7 cm³/mol. The fourth-order valence-electron chi connectivity index (χ4n) is 1.99. The largest absolute Gasteiger partial charge is 0.493 e.